The fourth-order valence-corrected chi connectivity index (χ4v) is 2.23. The van der Waals surface area contributed by atoms with E-state index in [0.29, 0.717) is 19.3 Å². The van der Waals surface area contributed by atoms with E-state index in [9.17, 15) is 19.7 Å². The SMILES string of the molecule is O=C(NC1(C(=O)O)CCC1)c1cc(Cl)ccc1[N+](=O)[O-]. The maximum atomic E-state index is 12.1. The number of carbonyl (C=O) groups is 2. The van der Waals surface area contributed by atoms with Crippen molar-refractivity contribution in [2.75, 3.05) is 0 Å². The summed E-state index contributed by atoms with van der Waals surface area (Å²) in [6, 6.07) is 3.57. The minimum Gasteiger partial charge on any atom is -0.480 e. The van der Waals surface area contributed by atoms with Gasteiger partial charge >= 0.3 is 5.97 Å². The molecule has 1 saturated carbocycles. The molecule has 2 rings (SSSR count). The second kappa shape index (κ2) is 5.09. The Balaban J connectivity index is 2.32. The van der Waals surface area contributed by atoms with Crippen molar-refractivity contribution in [1.82, 2.24) is 5.32 Å². The lowest BCUT2D eigenvalue weighted by molar-refractivity contribution is -0.385. The summed E-state index contributed by atoms with van der Waals surface area (Å²) in [7, 11) is 0. The van der Waals surface area contributed by atoms with E-state index < -0.39 is 28.0 Å². The minimum atomic E-state index is -1.33. The van der Waals surface area contributed by atoms with E-state index in [1.807, 2.05) is 0 Å². The van der Waals surface area contributed by atoms with E-state index in [0.717, 1.165) is 12.1 Å². The van der Waals surface area contributed by atoms with Crippen molar-refractivity contribution in [3.63, 3.8) is 0 Å². The van der Waals surface area contributed by atoms with Crippen LogP contribution in [0.25, 0.3) is 0 Å². The zero-order chi connectivity index (χ0) is 14.9. The van der Waals surface area contributed by atoms with Gasteiger partial charge in [0.05, 0.1) is 4.92 Å². The molecule has 0 unspecified atom stereocenters. The molecule has 0 aromatic heterocycles. The number of carboxylic acid groups (broad SMARTS) is 1. The molecule has 0 heterocycles. The van der Waals surface area contributed by atoms with Gasteiger partial charge in [-0.05, 0) is 31.4 Å². The molecule has 20 heavy (non-hydrogen) atoms. The lowest BCUT2D eigenvalue weighted by Crippen LogP contribution is -2.59. The number of carbonyl (C=O) groups excluding carboxylic acids is 1. The zero-order valence-corrected chi connectivity index (χ0v) is 11.0. The molecule has 1 aromatic carbocycles. The molecule has 0 bridgehead atoms. The summed E-state index contributed by atoms with van der Waals surface area (Å²) in [6.45, 7) is 0. The third kappa shape index (κ3) is 2.44. The summed E-state index contributed by atoms with van der Waals surface area (Å²) in [5.74, 6) is -1.94. The van der Waals surface area contributed by atoms with E-state index in [4.69, 9.17) is 16.7 Å². The molecule has 0 spiro atoms. The number of hydrogen-bond acceptors (Lipinski definition) is 4. The number of hydrogen-bond donors (Lipinski definition) is 2. The summed E-state index contributed by atoms with van der Waals surface area (Å²) in [6.07, 6.45) is 1.30. The first kappa shape index (κ1) is 14.3. The molecule has 1 aliphatic rings. The average Bonchev–Trinajstić information content (AvgIpc) is 2.32. The highest BCUT2D eigenvalue weighted by Gasteiger charge is 2.46. The standard InChI is InChI=1S/C12H11ClN2O5/c13-7-2-3-9(15(19)20)8(6-7)10(16)14-12(11(17)18)4-1-5-12/h2-3,6H,1,4-5H2,(H,14,16)(H,17,18). The fourth-order valence-electron chi connectivity index (χ4n) is 2.06. The number of nitro benzene ring substituents is 1. The molecule has 1 fully saturated rings. The van der Waals surface area contributed by atoms with Crippen molar-refractivity contribution in [2.45, 2.75) is 24.8 Å². The van der Waals surface area contributed by atoms with E-state index in [1.54, 1.807) is 0 Å². The molecular weight excluding hydrogens is 288 g/mol. The van der Waals surface area contributed by atoms with Crippen LogP contribution in [0.4, 0.5) is 5.69 Å². The van der Waals surface area contributed by atoms with Gasteiger partial charge in [-0.1, -0.05) is 11.6 Å². The van der Waals surface area contributed by atoms with Gasteiger partial charge in [-0.3, -0.25) is 14.9 Å². The predicted molar refractivity (Wildman–Crippen MR) is 69.8 cm³/mol. The molecule has 1 amide bonds. The summed E-state index contributed by atoms with van der Waals surface area (Å²) in [5, 5.41) is 22.6. The summed E-state index contributed by atoms with van der Waals surface area (Å²) < 4.78 is 0. The molecule has 1 aromatic rings. The minimum absolute atomic E-state index is 0.165. The maximum Gasteiger partial charge on any atom is 0.329 e. The first-order chi connectivity index (χ1) is 9.35. The van der Waals surface area contributed by atoms with Crippen LogP contribution in [0.1, 0.15) is 29.6 Å². The third-order valence-electron chi connectivity index (χ3n) is 3.37. The largest absolute Gasteiger partial charge is 0.480 e. The van der Waals surface area contributed by atoms with E-state index >= 15 is 0 Å². The Morgan fingerprint density at radius 2 is 2.05 bits per heavy atom. The number of nitrogens with zero attached hydrogens (tertiary/aromatic N) is 1. The monoisotopic (exact) mass is 298 g/mol. The Morgan fingerprint density at radius 1 is 1.40 bits per heavy atom. The molecule has 0 atom stereocenters. The Hall–Kier alpha value is -2.15. The lowest BCUT2D eigenvalue weighted by Gasteiger charge is -2.38. The maximum absolute atomic E-state index is 12.1. The van der Waals surface area contributed by atoms with E-state index in [2.05, 4.69) is 5.32 Å². The van der Waals surface area contributed by atoms with Gasteiger partial charge in [-0.25, -0.2) is 4.79 Å². The summed E-state index contributed by atoms with van der Waals surface area (Å²) in [4.78, 5) is 33.5. The van der Waals surface area contributed by atoms with Crippen molar-refractivity contribution in [1.29, 1.82) is 0 Å². The molecule has 0 saturated heterocycles. The Labute approximate surface area is 118 Å². The van der Waals surface area contributed by atoms with Crippen LogP contribution in [0.3, 0.4) is 0 Å². The summed E-state index contributed by atoms with van der Waals surface area (Å²) in [5.41, 5.74) is -1.98. The van der Waals surface area contributed by atoms with Crippen LogP contribution >= 0.6 is 11.6 Å². The molecule has 1 aliphatic carbocycles. The molecule has 106 valence electrons. The highest BCUT2D eigenvalue weighted by molar-refractivity contribution is 6.31. The number of rotatable bonds is 4. The number of benzene rings is 1. The van der Waals surface area contributed by atoms with Crippen LogP contribution in [-0.4, -0.2) is 27.4 Å². The topological polar surface area (TPSA) is 110 Å². The van der Waals surface area contributed by atoms with Crippen molar-refractivity contribution in [3.05, 3.63) is 38.9 Å². The van der Waals surface area contributed by atoms with Gasteiger partial charge in [-0.15, -0.1) is 0 Å². The molecule has 2 N–H and O–H groups in total. The second-order valence-corrected chi connectivity index (χ2v) is 5.05. The van der Waals surface area contributed by atoms with Crippen molar-refractivity contribution < 1.29 is 19.6 Å². The second-order valence-electron chi connectivity index (χ2n) is 4.61. The van der Waals surface area contributed by atoms with Gasteiger partial charge < -0.3 is 10.4 Å². The number of nitrogens with one attached hydrogen (secondary N) is 1. The summed E-state index contributed by atoms with van der Waals surface area (Å²) >= 11 is 5.73. The number of aliphatic carboxylic acids is 1. The van der Waals surface area contributed by atoms with Gasteiger partial charge in [0, 0.05) is 11.1 Å². The number of carboxylic acids is 1. The van der Waals surface area contributed by atoms with Gasteiger partial charge in [0.2, 0.25) is 0 Å². The van der Waals surface area contributed by atoms with Gasteiger partial charge in [0.15, 0.2) is 0 Å². The van der Waals surface area contributed by atoms with Gasteiger partial charge in [0.25, 0.3) is 11.6 Å². The Morgan fingerprint density at radius 3 is 2.50 bits per heavy atom. The van der Waals surface area contributed by atoms with Gasteiger partial charge in [-0.2, -0.15) is 0 Å². The number of nitro groups is 1. The smallest absolute Gasteiger partial charge is 0.329 e. The molecular formula is C12H11ClN2O5. The molecule has 8 heteroatoms. The van der Waals surface area contributed by atoms with Crippen molar-refractivity contribution >= 4 is 29.2 Å². The predicted octanol–water partition coefficient (Wildman–Crippen LogP) is 1.99. The van der Waals surface area contributed by atoms with Crippen molar-refractivity contribution in [2.24, 2.45) is 0 Å². The first-order valence-corrected chi connectivity index (χ1v) is 6.23. The number of halogens is 1. The third-order valence-corrected chi connectivity index (χ3v) is 3.60. The van der Waals surface area contributed by atoms with E-state index in [-0.39, 0.29) is 10.6 Å². The molecule has 7 nitrogen and oxygen atoms in total. The van der Waals surface area contributed by atoms with Crippen LogP contribution in [0, 0.1) is 10.1 Å². The Bertz CT molecular complexity index is 598. The highest BCUT2D eigenvalue weighted by atomic mass is 35.5. The lowest BCUT2D eigenvalue weighted by atomic mass is 9.76. The van der Waals surface area contributed by atoms with Crippen molar-refractivity contribution in [3.8, 4) is 0 Å². The average molecular weight is 299 g/mol. The Kier molecular flexibility index (Phi) is 3.63. The first-order valence-electron chi connectivity index (χ1n) is 5.85. The van der Waals surface area contributed by atoms with E-state index in [1.165, 1.54) is 6.07 Å². The van der Waals surface area contributed by atoms with Crippen LogP contribution in [0.15, 0.2) is 18.2 Å². The van der Waals surface area contributed by atoms with Crippen LogP contribution in [0.5, 0.6) is 0 Å². The molecule has 0 radical (unpaired) electrons. The van der Waals surface area contributed by atoms with Crippen LogP contribution < -0.4 is 5.32 Å². The normalized spacial score (nSPS) is 16.1. The molecule has 0 aliphatic heterocycles. The fraction of sp³-hybridized carbons (Fsp3) is 0.333. The highest BCUT2D eigenvalue weighted by Crippen LogP contribution is 2.33. The quantitative estimate of drug-likeness (QED) is 0.652. The van der Waals surface area contributed by atoms with Crippen LogP contribution in [0.2, 0.25) is 5.02 Å². The number of amides is 1. The van der Waals surface area contributed by atoms with Gasteiger partial charge in [0.1, 0.15) is 11.1 Å². The van der Waals surface area contributed by atoms with Crippen LogP contribution in [-0.2, 0) is 4.79 Å². The zero-order valence-electron chi connectivity index (χ0n) is 10.3.